The molecule has 6 rings (SSSR count). The van der Waals surface area contributed by atoms with Crippen LogP contribution in [0.5, 0.6) is 0 Å². The Balaban J connectivity index is 1.61. The SMILES string of the molecule is Clc1cccc2c1sc1ccc(-c3ccc4sc5ccccc5c4c3)cc12. The van der Waals surface area contributed by atoms with Crippen molar-refractivity contribution in [3.63, 3.8) is 0 Å². The van der Waals surface area contributed by atoms with Crippen molar-refractivity contribution in [1.82, 2.24) is 0 Å². The first-order valence-electron chi connectivity index (χ1n) is 8.80. The lowest BCUT2D eigenvalue weighted by Gasteiger charge is -2.03. The van der Waals surface area contributed by atoms with Crippen LogP contribution in [0.1, 0.15) is 0 Å². The minimum absolute atomic E-state index is 0.835. The van der Waals surface area contributed by atoms with Crippen molar-refractivity contribution in [3.8, 4) is 11.1 Å². The topological polar surface area (TPSA) is 0 Å². The smallest absolute Gasteiger partial charge is 0.0584 e. The standard InChI is InChI=1S/C24H13ClS2/c25-20-6-3-5-17-19-13-15(9-11-23(19)27-24(17)20)14-8-10-22-18(12-14)16-4-1-2-7-21(16)26-22/h1-13H. The molecule has 3 heteroatoms. The van der Waals surface area contributed by atoms with Gasteiger partial charge in [0.25, 0.3) is 0 Å². The van der Waals surface area contributed by atoms with Gasteiger partial charge in [0.05, 0.1) is 9.72 Å². The maximum atomic E-state index is 6.41. The first-order chi connectivity index (χ1) is 13.3. The fourth-order valence-corrected chi connectivity index (χ4v) is 6.31. The average molecular weight is 401 g/mol. The third-order valence-electron chi connectivity index (χ3n) is 5.16. The molecule has 0 saturated carbocycles. The van der Waals surface area contributed by atoms with Crippen molar-refractivity contribution in [2.45, 2.75) is 0 Å². The summed E-state index contributed by atoms with van der Waals surface area (Å²) in [6, 6.07) is 28.4. The molecule has 2 heterocycles. The molecule has 0 radical (unpaired) electrons. The molecule has 2 aromatic heterocycles. The molecule has 6 aromatic rings. The summed E-state index contributed by atoms with van der Waals surface area (Å²) in [6.45, 7) is 0. The minimum atomic E-state index is 0.835. The Morgan fingerprint density at radius 1 is 0.519 bits per heavy atom. The zero-order chi connectivity index (χ0) is 18.0. The summed E-state index contributed by atoms with van der Waals surface area (Å²) >= 11 is 10.0. The molecule has 128 valence electrons. The van der Waals surface area contributed by atoms with E-state index in [9.17, 15) is 0 Å². The van der Waals surface area contributed by atoms with Crippen LogP contribution in [0.3, 0.4) is 0 Å². The van der Waals surface area contributed by atoms with Crippen LogP contribution in [0.25, 0.3) is 51.5 Å². The van der Waals surface area contributed by atoms with Crippen molar-refractivity contribution in [3.05, 3.63) is 83.9 Å². The molecule has 0 aliphatic rings. The molecule has 0 unspecified atom stereocenters. The van der Waals surface area contributed by atoms with Crippen LogP contribution in [-0.2, 0) is 0 Å². The molecule has 27 heavy (non-hydrogen) atoms. The van der Waals surface area contributed by atoms with Crippen molar-refractivity contribution < 1.29 is 0 Å². The third-order valence-corrected chi connectivity index (χ3v) is 7.96. The minimum Gasteiger partial charge on any atom is -0.135 e. The predicted octanol–water partition coefficient (Wildman–Crippen LogP) is 8.74. The van der Waals surface area contributed by atoms with Gasteiger partial charge in [0.2, 0.25) is 0 Å². The Bertz CT molecular complexity index is 1490. The molecule has 0 atom stereocenters. The van der Waals surface area contributed by atoms with E-state index in [1.807, 2.05) is 23.5 Å². The van der Waals surface area contributed by atoms with E-state index in [0.29, 0.717) is 0 Å². The zero-order valence-corrected chi connectivity index (χ0v) is 16.6. The molecule has 0 nitrogen and oxygen atoms in total. The van der Waals surface area contributed by atoms with Crippen LogP contribution < -0.4 is 0 Å². The monoisotopic (exact) mass is 400 g/mol. The van der Waals surface area contributed by atoms with Crippen LogP contribution in [0.2, 0.25) is 5.02 Å². The second-order valence-electron chi connectivity index (χ2n) is 6.74. The average Bonchev–Trinajstić information content (AvgIpc) is 3.26. The van der Waals surface area contributed by atoms with E-state index in [0.717, 1.165) is 5.02 Å². The van der Waals surface area contributed by atoms with Gasteiger partial charge in [0.1, 0.15) is 0 Å². The fourth-order valence-electron chi connectivity index (χ4n) is 3.85. The first kappa shape index (κ1) is 15.6. The van der Waals surface area contributed by atoms with Crippen LogP contribution in [0.15, 0.2) is 78.9 Å². The summed E-state index contributed by atoms with van der Waals surface area (Å²) in [4.78, 5) is 0. The van der Waals surface area contributed by atoms with E-state index in [-0.39, 0.29) is 0 Å². The molecule has 0 fully saturated rings. The lowest BCUT2D eigenvalue weighted by Crippen LogP contribution is -1.78. The van der Waals surface area contributed by atoms with Gasteiger partial charge in [-0.15, -0.1) is 22.7 Å². The Labute approximate surface area is 169 Å². The van der Waals surface area contributed by atoms with Crippen LogP contribution in [0.4, 0.5) is 0 Å². The van der Waals surface area contributed by atoms with Gasteiger partial charge in [-0.25, -0.2) is 0 Å². The van der Waals surface area contributed by atoms with E-state index in [4.69, 9.17) is 11.6 Å². The number of hydrogen-bond donors (Lipinski definition) is 0. The molecule has 0 N–H and O–H groups in total. The molecular weight excluding hydrogens is 388 g/mol. The number of hydrogen-bond acceptors (Lipinski definition) is 2. The summed E-state index contributed by atoms with van der Waals surface area (Å²) in [5.74, 6) is 0. The number of halogens is 1. The molecular formula is C24H13ClS2. The van der Waals surface area contributed by atoms with E-state index >= 15 is 0 Å². The van der Waals surface area contributed by atoms with Gasteiger partial charge in [-0.3, -0.25) is 0 Å². The summed E-state index contributed by atoms with van der Waals surface area (Å²) in [7, 11) is 0. The highest BCUT2D eigenvalue weighted by Crippen LogP contribution is 2.41. The van der Waals surface area contributed by atoms with Crippen molar-refractivity contribution >= 4 is 74.6 Å². The van der Waals surface area contributed by atoms with E-state index in [1.54, 1.807) is 11.3 Å². The van der Waals surface area contributed by atoms with Gasteiger partial charge in [-0.2, -0.15) is 0 Å². The largest absolute Gasteiger partial charge is 0.135 e. The van der Waals surface area contributed by atoms with Gasteiger partial charge >= 0.3 is 0 Å². The Kier molecular flexibility index (Phi) is 3.36. The molecule has 0 saturated heterocycles. The Morgan fingerprint density at radius 2 is 1.15 bits per heavy atom. The summed E-state index contributed by atoms with van der Waals surface area (Å²) in [5, 5.41) is 6.04. The number of thiophene rings is 2. The van der Waals surface area contributed by atoms with Crippen LogP contribution in [-0.4, -0.2) is 0 Å². The fraction of sp³-hybridized carbons (Fsp3) is 0. The highest BCUT2D eigenvalue weighted by molar-refractivity contribution is 7.26. The normalized spacial score (nSPS) is 11.9. The third kappa shape index (κ3) is 2.34. The van der Waals surface area contributed by atoms with Crippen LogP contribution in [0, 0.1) is 0 Å². The zero-order valence-electron chi connectivity index (χ0n) is 14.2. The highest BCUT2D eigenvalue weighted by Gasteiger charge is 2.10. The first-order valence-corrected chi connectivity index (χ1v) is 10.8. The maximum Gasteiger partial charge on any atom is 0.0584 e. The van der Waals surface area contributed by atoms with Crippen molar-refractivity contribution in [1.29, 1.82) is 0 Å². The molecule has 0 amide bonds. The highest BCUT2D eigenvalue weighted by atomic mass is 35.5. The molecule has 0 spiro atoms. The van der Waals surface area contributed by atoms with E-state index in [1.165, 1.54) is 51.5 Å². The second-order valence-corrected chi connectivity index (χ2v) is 9.28. The van der Waals surface area contributed by atoms with Crippen LogP contribution >= 0.6 is 34.3 Å². The number of benzene rings is 4. The van der Waals surface area contributed by atoms with Crippen molar-refractivity contribution in [2.24, 2.45) is 0 Å². The summed E-state index contributed by atoms with van der Waals surface area (Å²) < 4.78 is 5.14. The van der Waals surface area contributed by atoms with Gasteiger partial charge in [0, 0.05) is 35.6 Å². The van der Waals surface area contributed by atoms with Gasteiger partial charge in [0.15, 0.2) is 0 Å². The maximum absolute atomic E-state index is 6.41. The Hall–Kier alpha value is -2.39. The Morgan fingerprint density at radius 3 is 1.96 bits per heavy atom. The van der Waals surface area contributed by atoms with E-state index in [2.05, 4.69) is 66.7 Å². The number of rotatable bonds is 1. The summed E-state index contributed by atoms with van der Waals surface area (Å²) in [6.07, 6.45) is 0. The molecule has 4 aromatic carbocycles. The predicted molar refractivity (Wildman–Crippen MR) is 123 cm³/mol. The number of fused-ring (bicyclic) bond motifs is 6. The van der Waals surface area contributed by atoms with Gasteiger partial charge in [-0.1, -0.05) is 54.1 Å². The molecule has 0 aliphatic carbocycles. The van der Waals surface area contributed by atoms with Crippen molar-refractivity contribution in [2.75, 3.05) is 0 Å². The lowest BCUT2D eigenvalue weighted by atomic mass is 10.0. The van der Waals surface area contributed by atoms with Gasteiger partial charge in [-0.05, 0) is 47.5 Å². The van der Waals surface area contributed by atoms with Gasteiger partial charge < -0.3 is 0 Å². The van der Waals surface area contributed by atoms with E-state index < -0.39 is 0 Å². The molecule has 0 bridgehead atoms. The second kappa shape index (κ2) is 5.80. The molecule has 0 aliphatic heterocycles. The quantitative estimate of drug-likeness (QED) is 0.259. The lowest BCUT2D eigenvalue weighted by molar-refractivity contribution is 1.72. The summed E-state index contributed by atoms with van der Waals surface area (Å²) in [5.41, 5.74) is 2.51.